The smallest absolute Gasteiger partial charge is 0.350 e. The van der Waals surface area contributed by atoms with Gasteiger partial charge in [-0.3, -0.25) is 0 Å². The molecule has 0 fully saturated rings. The van der Waals surface area contributed by atoms with E-state index in [1.807, 2.05) is 0 Å². The molecule has 0 aliphatic rings. The van der Waals surface area contributed by atoms with E-state index in [4.69, 9.17) is 9.26 Å². The van der Waals surface area contributed by atoms with Crippen LogP contribution in [0.25, 0.3) is 0 Å². The maximum absolute atomic E-state index is 11.5. The predicted octanol–water partition coefficient (Wildman–Crippen LogP) is 1.97. The van der Waals surface area contributed by atoms with E-state index in [1.54, 1.807) is 13.8 Å². The number of aromatic nitrogens is 3. The maximum atomic E-state index is 11.5. The minimum Gasteiger partial charge on any atom is -0.465 e. The summed E-state index contributed by atoms with van der Waals surface area (Å²) in [6.45, 7) is 4.29. The summed E-state index contributed by atoms with van der Waals surface area (Å²) in [6, 6.07) is 0. The van der Waals surface area contributed by atoms with Crippen LogP contribution in [0.4, 0.5) is 5.13 Å². The first-order valence-electron chi connectivity index (χ1n) is 6.19. The fraction of sp³-hybridized carbons (Fsp3) is 0.500. The van der Waals surface area contributed by atoms with Crippen LogP contribution in [0.3, 0.4) is 0 Å². The van der Waals surface area contributed by atoms with Crippen LogP contribution in [0, 0.1) is 13.8 Å². The molecule has 2 heterocycles. The minimum absolute atomic E-state index is 0.352. The van der Waals surface area contributed by atoms with Crippen molar-refractivity contribution in [3.05, 3.63) is 22.3 Å². The molecule has 0 bridgehead atoms. The molecule has 2 aromatic heterocycles. The molecule has 0 atom stereocenters. The molecule has 20 heavy (non-hydrogen) atoms. The second-order valence-electron chi connectivity index (χ2n) is 4.19. The molecule has 0 saturated heterocycles. The van der Waals surface area contributed by atoms with Crippen molar-refractivity contribution < 1.29 is 14.1 Å². The maximum Gasteiger partial charge on any atom is 0.350 e. The number of anilines is 1. The number of ether oxygens (including phenoxy) is 1. The van der Waals surface area contributed by atoms with Crippen molar-refractivity contribution in [2.75, 3.05) is 19.0 Å². The van der Waals surface area contributed by atoms with E-state index in [-0.39, 0.29) is 5.97 Å². The first-order valence-corrected chi connectivity index (χ1v) is 7.00. The Labute approximate surface area is 120 Å². The van der Waals surface area contributed by atoms with Crippen LogP contribution in [-0.4, -0.2) is 34.7 Å². The zero-order valence-electron chi connectivity index (χ0n) is 11.6. The Balaban J connectivity index is 1.81. The van der Waals surface area contributed by atoms with Gasteiger partial charge in [-0.25, -0.2) is 9.78 Å². The van der Waals surface area contributed by atoms with Crippen LogP contribution < -0.4 is 5.32 Å². The number of rotatable bonds is 6. The van der Waals surface area contributed by atoms with Crippen LogP contribution in [0.2, 0.25) is 0 Å². The van der Waals surface area contributed by atoms with Gasteiger partial charge in [0, 0.05) is 13.0 Å². The number of nitrogens with zero attached hydrogens (tertiary/aromatic N) is 3. The highest BCUT2D eigenvalue weighted by molar-refractivity contribution is 7.17. The van der Waals surface area contributed by atoms with Crippen molar-refractivity contribution in [2.45, 2.75) is 26.7 Å². The molecule has 2 aromatic rings. The Morgan fingerprint density at radius 2 is 2.20 bits per heavy atom. The first-order chi connectivity index (χ1) is 9.60. The molecule has 0 aromatic carbocycles. The number of carbonyl (C=O) groups excluding carboxylic acids is 1. The first kappa shape index (κ1) is 14.4. The van der Waals surface area contributed by atoms with Gasteiger partial charge in [-0.2, -0.15) is 4.98 Å². The fourth-order valence-corrected chi connectivity index (χ4v) is 2.54. The monoisotopic (exact) mass is 296 g/mol. The Kier molecular flexibility index (Phi) is 4.67. The molecule has 0 unspecified atom stereocenters. The molecule has 0 radical (unpaired) electrons. The summed E-state index contributed by atoms with van der Waals surface area (Å²) in [5.74, 6) is 0.926. The lowest BCUT2D eigenvalue weighted by molar-refractivity contribution is 0.0605. The zero-order valence-corrected chi connectivity index (χ0v) is 12.4. The number of hydrogen-bond acceptors (Lipinski definition) is 8. The van der Waals surface area contributed by atoms with E-state index in [2.05, 4.69) is 20.4 Å². The molecule has 0 spiro atoms. The summed E-state index contributed by atoms with van der Waals surface area (Å²) in [4.78, 5) is 20.4. The molecule has 0 amide bonds. The Hall–Kier alpha value is -1.96. The summed E-state index contributed by atoms with van der Waals surface area (Å²) >= 11 is 1.29. The van der Waals surface area contributed by atoms with E-state index in [1.165, 1.54) is 18.4 Å². The average Bonchev–Trinajstić information content (AvgIpc) is 3.00. The van der Waals surface area contributed by atoms with Gasteiger partial charge in [0.05, 0.1) is 12.8 Å². The van der Waals surface area contributed by atoms with Crippen LogP contribution >= 0.6 is 11.3 Å². The largest absolute Gasteiger partial charge is 0.465 e. The summed E-state index contributed by atoms with van der Waals surface area (Å²) in [6.07, 6.45) is 1.55. The third kappa shape index (κ3) is 3.53. The summed E-state index contributed by atoms with van der Waals surface area (Å²) in [5, 5.41) is 7.61. The van der Waals surface area contributed by atoms with Gasteiger partial charge in [-0.05, 0) is 20.3 Å². The Bertz CT molecular complexity index is 593. The Morgan fingerprint density at radius 1 is 1.40 bits per heavy atom. The molecule has 0 saturated carbocycles. The van der Waals surface area contributed by atoms with Crippen molar-refractivity contribution in [1.82, 2.24) is 15.1 Å². The SMILES string of the molecule is COC(=O)c1sc(NCCCc2nc(C)no2)nc1C. The van der Waals surface area contributed by atoms with Gasteiger partial charge in [0.25, 0.3) is 0 Å². The van der Waals surface area contributed by atoms with Crippen molar-refractivity contribution in [1.29, 1.82) is 0 Å². The normalized spacial score (nSPS) is 10.6. The summed E-state index contributed by atoms with van der Waals surface area (Å²) in [7, 11) is 1.36. The predicted molar refractivity (Wildman–Crippen MR) is 74.0 cm³/mol. The van der Waals surface area contributed by atoms with E-state index in [0.29, 0.717) is 33.8 Å². The molecule has 7 nitrogen and oxygen atoms in total. The van der Waals surface area contributed by atoms with E-state index in [9.17, 15) is 4.79 Å². The van der Waals surface area contributed by atoms with E-state index in [0.717, 1.165) is 13.0 Å². The van der Waals surface area contributed by atoms with Gasteiger partial charge in [0.15, 0.2) is 11.0 Å². The highest BCUT2D eigenvalue weighted by Gasteiger charge is 2.15. The van der Waals surface area contributed by atoms with Crippen LogP contribution in [-0.2, 0) is 11.2 Å². The van der Waals surface area contributed by atoms with Gasteiger partial charge >= 0.3 is 5.97 Å². The molecule has 108 valence electrons. The molecule has 1 N–H and O–H groups in total. The van der Waals surface area contributed by atoms with Gasteiger partial charge < -0.3 is 14.6 Å². The van der Waals surface area contributed by atoms with Crippen molar-refractivity contribution >= 4 is 22.4 Å². The topological polar surface area (TPSA) is 90.1 Å². The lowest BCUT2D eigenvalue weighted by Crippen LogP contribution is -2.02. The number of nitrogens with one attached hydrogen (secondary N) is 1. The van der Waals surface area contributed by atoms with Crippen LogP contribution in [0.15, 0.2) is 4.52 Å². The fourth-order valence-electron chi connectivity index (χ4n) is 1.63. The van der Waals surface area contributed by atoms with E-state index >= 15 is 0 Å². The number of carbonyl (C=O) groups is 1. The average molecular weight is 296 g/mol. The highest BCUT2D eigenvalue weighted by Crippen LogP contribution is 2.23. The van der Waals surface area contributed by atoms with Crippen molar-refractivity contribution in [3.8, 4) is 0 Å². The third-order valence-corrected chi connectivity index (χ3v) is 3.68. The molecule has 8 heteroatoms. The van der Waals surface area contributed by atoms with Crippen molar-refractivity contribution in [3.63, 3.8) is 0 Å². The number of methoxy groups -OCH3 is 1. The second-order valence-corrected chi connectivity index (χ2v) is 5.19. The number of esters is 1. The van der Waals surface area contributed by atoms with Gasteiger partial charge in [0.2, 0.25) is 5.89 Å². The number of hydrogen-bond donors (Lipinski definition) is 1. The molecular formula is C12H16N4O3S. The third-order valence-electron chi connectivity index (χ3n) is 2.58. The lowest BCUT2D eigenvalue weighted by Gasteiger charge is -1.99. The Morgan fingerprint density at radius 3 is 2.85 bits per heavy atom. The summed E-state index contributed by atoms with van der Waals surface area (Å²) < 4.78 is 9.72. The van der Waals surface area contributed by atoms with Crippen LogP contribution in [0.1, 0.15) is 33.5 Å². The minimum atomic E-state index is -0.352. The molecule has 2 rings (SSSR count). The van der Waals surface area contributed by atoms with Crippen LogP contribution in [0.5, 0.6) is 0 Å². The van der Waals surface area contributed by atoms with Crippen molar-refractivity contribution in [2.24, 2.45) is 0 Å². The number of thiazole rings is 1. The standard InChI is InChI=1S/C12H16N4O3S/c1-7-10(11(17)18-3)20-12(14-7)13-6-4-5-9-15-8(2)16-19-9/h4-6H2,1-3H3,(H,13,14). The number of aryl methyl sites for hydroxylation is 3. The molecule has 0 aliphatic carbocycles. The quantitative estimate of drug-likeness (QED) is 0.643. The summed E-state index contributed by atoms with van der Waals surface area (Å²) in [5.41, 5.74) is 0.678. The molecular weight excluding hydrogens is 280 g/mol. The van der Waals surface area contributed by atoms with Gasteiger partial charge in [0.1, 0.15) is 4.88 Å². The zero-order chi connectivity index (χ0) is 14.5. The second kappa shape index (κ2) is 6.47. The van der Waals surface area contributed by atoms with E-state index < -0.39 is 0 Å². The molecule has 0 aliphatic heterocycles. The van der Waals surface area contributed by atoms with Gasteiger partial charge in [-0.1, -0.05) is 16.5 Å². The highest BCUT2D eigenvalue weighted by atomic mass is 32.1. The lowest BCUT2D eigenvalue weighted by atomic mass is 10.3. The van der Waals surface area contributed by atoms with Gasteiger partial charge in [-0.15, -0.1) is 0 Å².